The number of furan rings is 1. The number of carbonyl (C=O) groups is 2. The number of nitrogens with one attached hydrogen (secondary N) is 1. The summed E-state index contributed by atoms with van der Waals surface area (Å²) in [5.41, 5.74) is 6.96. The number of benzene rings is 1. The molecule has 1 fully saturated rings. The number of aliphatic hydroxyl groups excluding tert-OH is 1. The van der Waals surface area contributed by atoms with Crippen molar-refractivity contribution in [2.45, 2.75) is 26.0 Å². The van der Waals surface area contributed by atoms with E-state index in [2.05, 4.69) is 15.2 Å². The molecule has 0 spiro atoms. The molecule has 3 heterocycles. The Bertz CT molecular complexity index is 1120. The molecule has 2 aromatic heterocycles. The molecule has 31 heavy (non-hydrogen) atoms. The van der Waals surface area contributed by atoms with Crippen molar-refractivity contribution in [1.29, 1.82) is 0 Å². The highest BCUT2D eigenvalue weighted by Crippen LogP contribution is 2.30. The van der Waals surface area contributed by atoms with Crippen molar-refractivity contribution in [2.24, 2.45) is 5.73 Å². The highest BCUT2D eigenvalue weighted by molar-refractivity contribution is 6.08. The van der Waals surface area contributed by atoms with Gasteiger partial charge in [0.15, 0.2) is 0 Å². The summed E-state index contributed by atoms with van der Waals surface area (Å²) in [6.45, 7) is 3.38. The maximum absolute atomic E-state index is 12.7. The van der Waals surface area contributed by atoms with Crippen molar-refractivity contribution >= 4 is 28.6 Å². The van der Waals surface area contributed by atoms with Crippen LogP contribution in [-0.2, 0) is 11.4 Å². The van der Waals surface area contributed by atoms with Gasteiger partial charge in [-0.3, -0.25) is 9.59 Å². The van der Waals surface area contributed by atoms with E-state index in [1.807, 2.05) is 12.1 Å². The molecule has 0 radical (unpaired) electrons. The third kappa shape index (κ3) is 4.17. The SMILES string of the molecule is Cc1oc2ccc(OCc3cccnc3N3CCC3)cc2c1C(=O)NC(CO)C(N)=O. The molecule has 3 aromatic rings. The number of aryl methyl sites for hydroxylation is 1. The van der Waals surface area contributed by atoms with E-state index in [4.69, 9.17) is 14.9 Å². The second-order valence-electron chi connectivity index (χ2n) is 7.42. The molecule has 1 saturated heterocycles. The number of anilines is 1. The van der Waals surface area contributed by atoms with Crippen LogP contribution in [0.1, 0.15) is 28.1 Å². The normalized spacial score (nSPS) is 14.2. The number of amides is 2. The largest absolute Gasteiger partial charge is 0.489 e. The summed E-state index contributed by atoms with van der Waals surface area (Å²) in [6, 6.07) is 7.90. The van der Waals surface area contributed by atoms with E-state index in [1.54, 1.807) is 31.3 Å². The van der Waals surface area contributed by atoms with Crippen LogP contribution in [0.3, 0.4) is 0 Å². The smallest absolute Gasteiger partial charge is 0.256 e. The van der Waals surface area contributed by atoms with Gasteiger partial charge in [-0.05, 0) is 37.6 Å². The first-order valence-electron chi connectivity index (χ1n) is 10.0. The van der Waals surface area contributed by atoms with Gasteiger partial charge in [0.25, 0.3) is 5.91 Å². The Labute approximate surface area is 178 Å². The topological polar surface area (TPSA) is 131 Å². The van der Waals surface area contributed by atoms with Gasteiger partial charge in [0.1, 0.15) is 35.6 Å². The number of hydrogen-bond donors (Lipinski definition) is 3. The number of rotatable bonds is 8. The number of aromatic nitrogens is 1. The Morgan fingerprint density at radius 2 is 2.16 bits per heavy atom. The van der Waals surface area contributed by atoms with Gasteiger partial charge in [-0.25, -0.2) is 4.98 Å². The van der Waals surface area contributed by atoms with Crippen molar-refractivity contribution in [3.05, 3.63) is 53.4 Å². The van der Waals surface area contributed by atoms with Crippen molar-refractivity contribution in [2.75, 3.05) is 24.6 Å². The maximum atomic E-state index is 12.7. The molecule has 1 aliphatic heterocycles. The minimum atomic E-state index is -1.18. The van der Waals surface area contributed by atoms with E-state index in [-0.39, 0.29) is 5.56 Å². The monoisotopic (exact) mass is 424 g/mol. The van der Waals surface area contributed by atoms with Gasteiger partial charge in [0, 0.05) is 30.2 Å². The molecule has 0 saturated carbocycles. The predicted molar refractivity (Wildman–Crippen MR) is 114 cm³/mol. The summed E-state index contributed by atoms with van der Waals surface area (Å²) in [5, 5.41) is 12.2. The van der Waals surface area contributed by atoms with Crippen LogP contribution in [0.25, 0.3) is 11.0 Å². The van der Waals surface area contributed by atoms with Crippen molar-refractivity contribution < 1.29 is 23.8 Å². The van der Waals surface area contributed by atoms with Gasteiger partial charge >= 0.3 is 0 Å². The van der Waals surface area contributed by atoms with E-state index < -0.39 is 24.5 Å². The van der Waals surface area contributed by atoms with Crippen LogP contribution in [0.15, 0.2) is 40.9 Å². The second-order valence-corrected chi connectivity index (χ2v) is 7.42. The first-order valence-corrected chi connectivity index (χ1v) is 10.0. The molecule has 162 valence electrons. The van der Waals surface area contributed by atoms with Crippen LogP contribution in [0.2, 0.25) is 0 Å². The molecular formula is C22H24N4O5. The minimum absolute atomic E-state index is 0.266. The summed E-state index contributed by atoms with van der Waals surface area (Å²) in [5.74, 6) is 0.501. The van der Waals surface area contributed by atoms with Gasteiger partial charge < -0.3 is 30.2 Å². The summed E-state index contributed by atoms with van der Waals surface area (Å²) < 4.78 is 11.7. The molecule has 4 rings (SSSR count). The summed E-state index contributed by atoms with van der Waals surface area (Å²) >= 11 is 0. The Morgan fingerprint density at radius 3 is 2.84 bits per heavy atom. The highest BCUT2D eigenvalue weighted by atomic mass is 16.5. The quantitative estimate of drug-likeness (QED) is 0.499. The van der Waals surface area contributed by atoms with E-state index in [0.717, 1.165) is 30.9 Å². The van der Waals surface area contributed by atoms with E-state index >= 15 is 0 Å². The third-order valence-electron chi connectivity index (χ3n) is 5.31. The number of nitrogens with zero attached hydrogens (tertiary/aromatic N) is 2. The Hall–Kier alpha value is -3.59. The Kier molecular flexibility index (Phi) is 5.77. The van der Waals surface area contributed by atoms with Gasteiger partial charge in [0.2, 0.25) is 5.91 Å². The van der Waals surface area contributed by atoms with Crippen LogP contribution in [0.5, 0.6) is 5.75 Å². The summed E-state index contributed by atoms with van der Waals surface area (Å²) in [6.07, 6.45) is 2.93. The van der Waals surface area contributed by atoms with Gasteiger partial charge in [-0.15, -0.1) is 0 Å². The molecular weight excluding hydrogens is 400 g/mol. The number of hydrogen-bond acceptors (Lipinski definition) is 7. The average molecular weight is 424 g/mol. The lowest BCUT2D eigenvalue weighted by Crippen LogP contribution is -2.46. The molecule has 4 N–H and O–H groups in total. The average Bonchev–Trinajstić information content (AvgIpc) is 3.04. The van der Waals surface area contributed by atoms with Crippen LogP contribution < -0.4 is 20.7 Å². The number of fused-ring (bicyclic) bond motifs is 1. The second kappa shape index (κ2) is 8.65. The highest BCUT2D eigenvalue weighted by Gasteiger charge is 2.24. The minimum Gasteiger partial charge on any atom is -0.489 e. The molecule has 1 unspecified atom stereocenters. The zero-order chi connectivity index (χ0) is 22.0. The van der Waals surface area contributed by atoms with Crippen molar-refractivity contribution in [1.82, 2.24) is 10.3 Å². The standard InChI is InChI=1S/C22H24N4O5/c1-13-19(22(29)25-17(11-27)20(23)28)16-10-15(5-6-18(16)31-13)30-12-14-4-2-7-24-21(14)26-8-3-9-26/h2,4-7,10,17,27H,3,8-9,11-12H2,1H3,(H2,23,28)(H,25,29). The molecule has 1 atom stereocenters. The Balaban J connectivity index is 1.56. The molecule has 9 nitrogen and oxygen atoms in total. The third-order valence-corrected chi connectivity index (χ3v) is 5.31. The predicted octanol–water partition coefficient (Wildman–Crippen LogP) is 1.50. The first-order chi connectivity index (χ1) is 15.0. The van der Waals surface area contributed by atoms with Crippen LogP contribution in [0, 0.1) is 6.92 Å². The fourth-order valence-corrected chi connectivity index (χ4v) is 3.52. The number of pyridine rings is 1. The van der Waals surface area contributed by atoms with Crippen molar-refractivity contribution in [3.8, 4) is 5.75 Å². The maximum Gasteiger partial charge on any atom is 0.256 e. The number of ether oxygens (including phenoxy) is 1. The van der Waals surface area contributed by atoms with E-state index in [1.165, 1.54) is 0 Å². The Morgan fingerprint density at radius 1 is 1.35 bits per heavy atom. The van der Waals surface area contributed by atoms with E-state index in [9.17, 15) is 14.7 Å². The number of carbonyl (C=O) groups excluding carboxylic acids is 2. The van der Waals surface area contributed by atoms with Crippen LogP contribution in [0.4, 0.5) is 5.82 Å². The molecule has 2 amide bonds. The van der Waals surface area contributed by atoms with Gasteiger partial charge in [-0.2, -0.15) is 0 Å². The summed E-state index contributed by atoms with van der Waals surface area (Å²) in [4.78, 5) is 30.8. The van der Waals surface area contributed by atoms with Crippen LogP contribution >= 0.6 is 0 Å². The summed E-state index contributed by atoms with van der Waals surface area (Å²) in [7, 11) is 0. The van der Waals surface area contributed by atoms with Gasteiger partial charge in [0.05, 0.1) is 12.2 Å². The zero-order valence-electron chi connectivity index (χ0n) is 17.1. The number of primary amides is 1. The van der Waals surface area contributed by atoms with Crippen molar-refractivity contribution in [3.63, 3.8) is 0 Å². The fourth-order valence-electron chi connectivity index (χ4n) is 3.52. The zero-order valence-corrected chi connectivity index (χ0v) is 17.1. The van der Waals surface area contributed by atoms with E-state index in [0.29, 0.717) is 29.1 Å². The van der Waals surface area contributed by atoms with Gasteiger partial charge in [-0.1, -0.05) is 6.07 Å². The molecule has 0 aliphatic carbocycles. The first kappa shape index (κ1) is 20.7. The van der Waals surface area contributed by atoms with Crippen LogP contribution in [-0.4, -0.2) is 47.6 Å². The molecule has 0 bridgehead atoms. The number of nitrogens with two attached hydrogens (primary N) is 1. The fraction of sp³-hybridized carbons (Fsp3) is 0.318. The molecule has 1 aromatic carbocycles. The molecule has 9 heteroatoms. The lowest BCUT2D eigenvalue weighted by molar-refractivity contribution is -0.120. The lowest BCUT2D eigenvalue weighted by Gasteiger charge is -2.33. The number of aliphatic hydroxyl groups is 1. The lowest BCUT2D eigenvalue weighted by atomic mass is 10.1. The molecule has 1 aliphatic rings.